The van der Waals surface area contributed by atoms with Gasteiger partial charge in [0.15, 0.2) is 11.6 Å². The zero-order chi connectivity index (χ0) is 28.9. The minimum atomic E-state index is -0.927. The van der Waals surface area contributed by atoms with Crippen LogP contribution in [0.5, 0.6) is 11.5 Å². The molecule has 4 rings (SSSR count). The monoisotopic (exact) mass is 556 g/mol. The first-order valence-corrected chi connectivity index (χ1v) is 15.2. The quantitative estimate of drug-likeness (QED) is 0.128. The van der Waals surface area contributed by atoms with Crippen LogP contribution in [-0.2, 0) is 0 Å². The van der Waals surface area contributed by atoms with Gasteiger partial charge in [-0.15, -0.1) is 0 Å². The maximum absolute atomic E-state index is 14.9. The summed E-state index contributed by atoms with van der Waals surface area (Å²) < 4.78 is 41.1. The van der Waals surface area contributed by atoms with Crippen molar-refractivity contribution >= 4 is 0 Å². The first-order chi connectivity index (χ1) is 20.1. The second-order valence-electron chi connectivity index (χ2n) is 10.6. The average Bonchev–Trinajstić information content (AvgIpc) is 3.01. The van der Waals surface area contributed by atoms with Crippen molar-refractivity contribution in [2.75, 3.05) is 13.2 Å². The highest BCUT2D eigenvalue weighted by Gasteiger charge is 2.16. The Hall–Kier alpha value is -3.66. The van der Waals surface area contributed by atoms with Crippen LogP contribution in [0.2, 0.25) is 0 Å². The molecule has 0 amide bonds. The summed E-state index contributed by atoms with van der Waals surface area (Å²) in [6.07, 6.45) is 10.1. The Balaban J connectivity index is 1.35. The Bertz CT molecular complexity index is 1330. The van der Waals surface area contributed by atoms with Crippen LogP contribution in [0.25, 0.3) is 33.4 Å². The van der Waals surface area contributed by atoms with E-state index in [2.05, 4.69) is 50.2 Å². The Morgan fingerprint density at radius 2 is 0.878 bits per heavy atom. The molecule has 0 aromatic heterocycles. The highest BCUT2D eigenvalue weighted by Crippen LogP contribution is 2.32. The second kappa shape index (κ2) is 16.0. The number of benzene rings is 4. The van der Waals surface area contributed by atoms with Crippen LogP contribution in [0.15, 0.2) is 84.9 Å². The van der Waals surface area contributed by atoms with E-state index in [9.17, 15) is 8.78 Å². The lowest BCUT2D eigenvalue weighted by atomic mass is 9.98. The summed E-state index contributed by atoms with van der Waals surface area (Å²) in [5.41, 5.74) is 5.18. The van der Waals surface area contributed by atoms with Crippen LogP contribution in [0.1, 0.15) is 71.6 Å². The van der Waals surface area contributed by atoms with Crippen LogP contribution in [0.3, 0.4) is 0 Å². The van der Waals surface area contributed by atoms with Gasteiger partial charge in [0.2, 0.25) is 5.82 Å². The van der Waals surface area contributed by atoms with Crippen molar-refractivity contribution in [2.24, 2.45) is 0 Å². The standard InChI is InChI=1S/C37H42F2O2/c1-3-5-7-8-9-11-27-41-35-25-24-34(36(38)37(35)39)32-18-16-30(17-19-32)28-12-14-29(15-13-28)31-20-22-33(23-21-31)40-26-10-6-4-2/h12-25H,3-11,26-27H2,1-2H3. The molecule has 0 fully saturated rings. The maximum Gasteiger partial charge on any atom is 0.201 e. The second-order valence-corrected chi connectivity index (χ2v) is 10.6. The molecule has 0 N–H and O–H groups in total. The van der Waals surface area contributed by atoms with Gasteiger partial charge in [0.25, 0.3) is 0 Å². The highest BCUT2D eigenvalue weighted by atomic mass is 19.2. The van der Waals surface area contributed by atoms with Gasteiger partial charge in [-0.05, 0) is 64.9 Å². The molecule has 0 bridgehead atoms. The number of hydrogen-bond donors (Lipinski definition) is 0. The number of unbranched alkanes of at least 4 members (excludes halogenated alkanes) is 7. The summed E-state index contributed by atoms with van der Waals surface area (Å²) >= 11 is 0. The number of ether oxygens (including phenoxy) is 2. The summed E-state index contributed by atoms with van der Waals surface area (Å²) in [7, 11) is 0. The van der Waals surface area contributed by atoms with Crippen LogP contribution in [0, 0.1) is 11.6 Å². The molecule has 0 radical (unpaired) electrons. The summed E-state index contributed by atoms with van der Waals surface area (Å²) in [6, 6.07) is 27.2. The molecule has 0 saturated carbocycles. The van der Waals surface area contributed by atoms with Crippen LogP contribution in [-0.4, -0.2) is 13.2 Å². The minimum Gasteiger partial charge on any atom is -0.494 e. The van der Waals surface area contributed by atoms with Gasteiger partial charge in [0.05, 0.1) is 13.2 Å². The van der Waals surface area contributed by atoms with Crippen molar-refractivity contribution < 1.29 is 18.3 Å². The SMILES string of the molecule is CCCCCCCCOc1ccc(-c2ccc(-c3ccc(-c4ccc(OCCCCC)cc4)cc3)cc2)c(F)c1F. The summed E-state index contributed by atoms with van der Waals surface area (Å²) in [5, 5.41) is 0. The van der Waals surface area contributed by atoms with Crippen molar-refractivity contribution in [1.29, 1.82) is 0 Å². The van der Waals surface area contributed by atoms with E-state index in [-0.39, 0.29) is 11.3 Å². The fourth-order valence-electron chi connectivity index (χ4n) is 4.91. The Kier molecular flexibility index (Phi) is 11.8. The van der Waals surface area contributed by atoms with Gasteiger partial charge in [0, 0.05) is 5.56 Å². The normalized spacial score (nSPS) is 11.0. The topological polar surface area (TPSA) is 18.5 Å². The third kappa shape index (κ3) is 8.66. The predicted octanol–water partition coefficient (Wildman–Crippen LogP) is 11.3. The minimum absolute atomic E-state index is 0.0225. The van der Waals surface area contributed by atoms with Gasteiger partial charge in [-0.25, -0.2) is 4.39 Å². The van der Waals surface area contributed by atoms with Crippen LogP contribution in [0.4, 0.5) is 8.78 Å². The first-order valence-electron chi connectivity index (χ1n) is 15.2. The third-order valence-corrected chi connectivity index (χ3v) is 7.42. The molecule has 4 aromatic rings. The lowest BCUT2D eigenvalue weighted by Gasteiger charge is -2.11. The maximum atomic E-state index is 14.9. The van der Waals surface area contributed by atoms with E-state index < -0.39 is 11.6 Å². The fraction of sp³-hybridized carbons (Fsp3) is 0.351. The van der Waals surface area contributed by atoms with Crippen molar-refractivity contribution in [3.05, 3.63) is 96.6 Å². The van der Waals surface area contributed by atoms with E-state index >= 15 is 0 Å². The Morgan fingerprint density at radius 1 is 0.439 bits per heavy atom. The average molecular weight is 557 g/mol. The lowest BCUT2D eigenvalue weighted by molar-refractivity contribution is 0.285. The molecule has 216 valence electrons. The molecule has 0 aliphatic rings. The molecule has 41 heavy (non-hydrogen) atoms. The van der Waals surface area contributed by atoms with Crippen LogP contribution < -0.4 is 9.47 Å². The van der Waals surface area contributed by atoms with Crippen molar-refractivity contribution in [1.82, 2.24) is 0 Å². The predicted molar refractivity (Wildman–Crippen MR) is 167 cm³/mol. The molecule has 0 saturated heterocycles. The molecule has 2 nitrogen and oxygen atoms in total. The molecule has 4 aromatic carbocycles. The smallest absolute Gasteiger partial charge is 0.201 e. The van der Waals surface area contributed by atoms with Gasteiger partial charge >= 0.3 is 0 Å². The zero-order valence-corrected chi connectivity index (χ0v) is 24.4. The first kappa shape index (κ1) is 30.3. The van der Waals surface area contributed by atoms with Crippen molar-refractivity contribution in [3.8, 4) is 44.9 Å². The molecule has 0 spiro atoms. The fourth-order valence-corrected chi connectivity index (χ4v) is 4.91. The molecular formula is C37H42F2O2. The van der Waals surface area contributed by atoms with Gasteiger partial charge in [-0.2, -0.15) is 4.39 Å². The highest BCUT2D eigenvalue weighted by molar-refractivity contribution is 5.74. The molecule has 0 unspecified atom stereocenters. The van der Waals surface area contributed by atoms with Gasteiger partial charge in [-0.1, -0.05) is 119 Å². The van der Waals surface area contributed by atoms with E-state index in [1.54, 1.807) is 6.07 Å². The van der Waals surface area contributed by atoms with E-state index in [0.29, 0.717) is 12.2 Å². The van der Waals surface area contributed by atoms with Crippen LogP contribution >= 0.6 is 0 Å². The lowest BCUT2D eigenvalue weighted by Crippen LogP contribution is -2.01. The Morgan fingerprint density at radius 3 is 1.46 bits per heavy atom. The third-order valence-electron chi connectivity index (χ3n) is 7.42. The molecule has 0 atom stereocenters. The van der Waals surface area contributed by atoms with Crippen molar-refractivity contribution in [3.63, 3.8) is 0 Å². The molecule has 0 heterocycles. The van der Waals surface area contributed by atoms with E-state index in [0.717, 1.165) is 60.3 Å². The molecule has 0 aliphatic carbocycles. The summed E-state index contributed by atoms with van der Waals surface area (Å²) in [5.74, 6) is -0.928. The van der Waals surface area contributed by atoms with Gasteiger partial charge in [-0.3, -0.25) is 0 Å². The van der Waals surface area contributed by atoms with Gasteiger partial charge < -0.3 is 9.47 Å². The van der Waals surface area contributed by atoms with E-state index in [1.165, 1.54) is 38.2 Å². The molecular weight excluding hydrogens is 514 g/mol. The molecule has 0 aliphatic heterocycles. The van der Waals surface area contributed by atoms with Crippen molar-refractivity contribution in [2.45, 2.75) is 71.6 Å². The largest absolute Gasteiger partial charge is 0.494 e. The number of rotatable bonds is 16. The summed E-state index contributed by atoms with van der Waals surface area (Å²) in [4.78, 5) is 0. The number of hydrogen-bond acceptors (Lipinski definition) is 2. The number of halogens is 2. The van der Waals surface area contributed by atoms with E-state index in [1.807, 2.05) is 36.4 Å². The summed E-state index contributed by atoms with van der Waals surface area (Å²) in [6.45, 7) is 5.52. The zero-order valence-electron chi connectivity index (χ0n) is 24.4. The molecule has 4 heteroatoms. The van der Waals surface area contributed by atoms with E-state index in [4.69, 9.17) is 9.47 Å². The Labute approximate surface area is 244 Å². The van der Waals surface area contributed by atoms with Gasteiger partial charge in [0.1, 0.15) is 5.75 Å².